The van der Waals surface area contributed by atoms with Crippen LogP contribution in [0.25, 0.3) is 10.8 Å². The molecule has 2 rings (SSSR count). The molecule has 72 valence electrons. The summed E-state index contributed by atoms with van der Waals surface area (Å²) in [5.74, 6) is 0. The highest BCUT2D eigenvalue weighted by Gasteiger charge is 2.05. The molecule has 1 atom stereocenters. The zero-order valence-corrected chi connectivity index (χ0v) is 8.62. The van der Waals surface area contributed by atoms with E-state index in [9.17, 15) is 5.11 Å². The van der Waals surface area contributed by atoms with Gasteiger partial charge in [0.25, 0.3) is 0 Å². The van der Waals surface area contributed by atoms with Crippen molar-refractivity contribution in [2.24, 2.45) is 0 Å². The Kier molecular flexibility index (Phi) is 2.44. The fourth-order valence-corrected chi connectivity index (χ4v) is 1.82. The highest BCUT2D eigenvalue weighted by molar-refractivity contribution is 6.31. The molecule has 0 aromatic heterocycles. The summed E-state index contributed by atoms with van der Waals surface area (Å²) in [7, 11) is 0. The Bertz CT molecular complexity index is 463. The minimum Gasteiger partial charge on any atom is -0.389 e. The molecule has 0 radical (unpaired) electrons. The van der Waals surface area contributed by atoms with Gasteiger partial charge < -0.3 is 5.11 Å². The van der Waals surface area contributed by atoms with E-state index >= 15 is 0 Å². The van der Waals surface area contributed by atoms with Crippen LogP contribution in [0, 0.1) is 0 Å². The molecule has 2 heteroatoms. The summed E-state index contributed by atoms with van der Waals surface area (Å²) < 4.78 is 0. The van der Waals surface area contributed by atoms with E-state index in [1.54, 1.807) is 6.92 Å². The van der Waals surface area contributed by atoms with Crippen molar-refractivity contribution in [2.45, 2.75) is 13.0 Å². The number of aliphatic hydroxyl groups is 1. The smallest absolute Gasteiger partial charge is 0.0767 e. The van der Waals surface area contributed by atoms with E-state index in [0.29, 0.717) is 0 Å². The van der Waals surface area contributed by atoms with Crippen molar-refractivity contribution in [1.29, 1.82) is 0 Å². The van der Waals surface area contributed by atoms with E-state index in [-0.39, 0.29) is 0 Å². The zero-order valence-electron chi connectivity index (χ0n) is 7.87. The summed E-state index contributed by atoms with van der Waals surface area (Å²) in [6.07, 6.45) is -0.445. The Morgan fingerprint density at radius 1 is 1.21 bits per heavy atom. The Morgan fingerprint density at radius 2 is 2.00 bits per heavy atom. The van der Waals surface area contributed by atoms with Gasteiger partial charge in [-0.3, -0.25) is 0 Å². The van der Waals surface area contributed by atoms with Crippen LogP contribution in [0.4, 0.5) is 0 Å². The molecule has 0 aliphatic heterocycles. The maximum atomic E-state index is 9.56. The molecular weight excluding hydrogens is 196 g/mol. The molecule has 2 aromatic carbocycles. The molecule has 0 aliphatic rings. The first-order valence-corrected chi connectivity index (χ1v) is 4.92. The molecule has 1 N–H and O–H groups in total. The first-order valence-electron chi connectivity index (χ1n) is 4.55. The first-order chi connectivity index (χ1) is 6.68. The van der Waals surface area contributed by atoms with Crippen molar-refractivity contribution in [2.75, 3.05) is 0 Å². The van der Waals surface area contributed by atoms with Gasteiger partial charge in [-0.2, -0.15) is 0 Å². The highest BCUT2D eigenvalue weighted by Crippen LogP contribution is 2.26. The molecule has 0 aliphatic carbocycles. The van der Waals surface area contributed by atoms with E-state index < -0.39 is 6.10 Å². The Morgan fingerprint density at radius 3 is 2.71 bits per heavy atom. The van der Waals surface area contributed by atoms with Crippen molar-refractivity contribution in [3.05, 3.63) is 47.0 Å². The second kappa shape index (κ2) is 3.60. The van der Waals surface area contributed by atoms with E-state index in [4.69, 9.17) is 11.6 Å². The Labute approximate surface area is 87.9 Å². The number of fused-ring (bicyclic) bond motifs is 1. The summed E-state index contributed by atoms with van der Waals surface area (Å²) in [6.45, 7) is 1.77. The Hall–Kier alpha value is -1.05. The van der Waals surface area contributed by atoms with Gasteiger partial charge in [-0.25, -0.2) is 0 Å². The maximum Gasteiger partial charge on any atom is 0.0767 e. The summed E-state index contributed by atoms with van der Waals surface area (Å²) in [5.41, 5.74) is 0.944. The van der Waals surface area contributed by atoms with E-state index in [1.807, 2.05) is 36.4 Å². The average molecular weight is 207 g/mol. The lowest BCUT2D eigenvalue weighted by Crippen LogP contribution is -1.91. The topological polar surface area (TPSA) is 20.2 Å². The number of rotatable bonds is 1. The lowest BCUT2D eigenvalue weighted by Gasteiger charge is -2.08. The minimum atomic E-state index is -0.445. The standard InChI is InChI=1S/C12H11ClO/c1-8(14)11-4-2-3-9-7-10(13)5-6-12(9)11/h2-8,14H,1H3. The molecule has 0 bridgehead atoms. The number of halogens is 1. The third-order valence-corrected chi connectivity index (χ3v) is 2.56. The summed E-state index contributed by atoms with van der Waals surface area (Å²) in [4.78, 5) is 0. The molecule has 14 heavy (non-hydrogen) atoms. The third-order valence-electron chi connectivity index (χ3n) is 2.33. The van der Waals surface area contributed by atoms with Gasteiger partial charge in [-0.15, -0.1) is 0 Å². The average Bonchev–Trinajstić information content (AvgIpc) is 2.16. The summed E-state index contributed by atoms with van der Waals surface area (Å²) in [5, 5.41) is 12.4. The first kappa shape index (κ1) is 9.50. The van der Waals surface area contributed by atoms with E-state index in [1.165, 1.54) is 0 Å². The van der Waals surface area contributed by atoms with Crippen molar-refractivity contribution in [1.82, 2.24) is 0 Å². The lowest BCUT2D eigenvalue weighted by atomic mass is 10.0. The van der Waals surface area contributed by atoms with Crippen LogP contribution in [-0.4, -0.2) is 5.11 Å². The van der Waals surface area contributed by atoms with Crippen LogP contribution in [0.1, 0.15) is 18.6 Å². The van der Waals surface area contributed by atoms with Gasteiger partial charge in [0.2, 0.25) is 0 Å². The van der Waals surface area contributed by atoms with Crippen LogP contribution in [0.3, 0.4) is 0 Å². The number of hydrogen-bond acceptors (Lipinski definition) is 1. The molecule has 0 saturated carbocycles. The molecular formula is C12H11ClO. The zero-order chi connectivity index (χ0) is 10.1. The van der Waals surface area contributed by atoms with Crippen LogP contribution in [-0.2, 0) is 0 Å². The predicted molar refractivity (Wildman–Crippen MR) is 59.6 cm³/mol. The van der Waals surface area contributed by atoms with E-state index in [2.05, 4.69) is 0 Å². The molecule has 1 unspecified atom stereocenters. The molecule has 0 heterocycles. The van der Waals surface area contributed by atoms with Gasteiger partial charge in [0.05, 0.1) is 6.10 Å². The highest BCUT2D eigenvalue weighted by atomic mass is 35.5. The van der Waals surface area contributed by atoms with Crippen LogP contribution >= 0.6 is 11.6 Å². The monoisotopic (exact) mass is 206 g/mol. The van der Waals surface area contributed by atoms with Crippen LogP contribution in [0.2, 0.25) is 5.02 Å². The quantitative estimate of drug-likeness (QED) is 0.757. The SMILES string of the molecule is CC(O)c1cccc2cc(Cl)ccc12. The maximum absolute atomic E-state index is 9.56. The molecule has 0 saturated heterocycles. The molecule has 0 fully saturated rings. The van der Waals surface area contributed by atoms with Gasteiger partial charge in [0.1, 0.15) is 0 Å². The van der Waals surface area contributed by atoms with Crippen molar-refractivity contribution in [3.8, 4) is 0 Å². The number of benzene rings is 2. The van der Waals surface area contributed by atoms with Crippen LogP contribution in [0.15, 0.2) is 36.4 Å². The van der Waals surface area contributed by atoms with Crippen molar-refractivity contribution in [3.63, 3.8) is 0 Å². The fraction of sp³-hybridized carbons (Fsp3) is 0.167. The van der Waals surface area contributed by atoms with E-state index in [0.717, 1.165) is 21.4 Å². The molecule has 1 nitrogen and oxygen atoms in total. The largest absolute Gasteiger partial charge is 0.389 e. The second-order valence-electron chi connectivity index (χ2n) is 3.39. The van der Waals surface area contributed by atoms with Gasteiger partial charge in [0.15, 0.2) is 0 Å². The second-order valence-corrected chi connectivity index (χ2v) is 3.83. The van der Waals surface area contributed by atoms with Gasteiger partial charge >= 0.3 is 0 Å². The van der Waals surface area contributed by atoms with Crippen LogP contribution in [0.5, 0.6) is 0 Å². The van der Waals surface area contributed by atoms with Crippen molar-refractivity contribution < 1.29 is 5.11 Å². The van der Waals surface area contributed by atoms with Gasteiger partial charge in [0, 0.05) is 5.02 Å². The molecule has 0 spiro atoms. The Balaban J connectivity index is 2.75. The summed E-state index contributed by atoms with van der Waals surface area (Å²) >= 11 is 5.89. The minimum absolute atomic E-state index is 0.445. The summed E-state index contributed by atoms with van der Waals surface area (Å²) in [6, 6.07) is 11.5. The predicted octanol–water partition coefficient (Wildman–Crippen LogP) is 3.55. The molecule has 0 amide bonds. The lowest BCUT2D eigenvalue weighted by molar-refractivity contribution is 0.201. The number of hydrogen-bond donors (Lipinski definition) is 1. The van der Waals surface area contributed by atoms with Gasteiger partial charge in [-0.05, 0) is 35.4 Å². The fourth-order valence-electron chi connectivity index (χ4n) is 1.64. The molecule has 2 aromatic rings. The van der Waals surface area contributed by atoms with Gasteiger partial charge in [-0.1, -0.05) is 35.9 Å². The van der Waals surface area contributed by atoms with Crippen LogP contribution < -0.4 is 0 Å². The normalized spacial score (nSPS) is 13.1. The van der Waals surface area contributed by atoms with Crippen molar-refractivity contribution >= 4 is 22.4 Å². The number of aliphatic hydroxyl groups excluding tert-OH is 1. The third kappa shape index (κ3) is 1.61.